The maximum atomic E-state index is 15.1. The smallest absolute Gasteiger partial charge is 0.254 e. The van der Waals surface area contributed by atoms with Crippen LogP contribution in [0.15, 0.2) is 60.9 Å². The first kappa shape index (κ1) is 24.4. The van der Waals surface area contributed by atoms with E-state index in [1.165, 1.54) is 24.5 Å². The van der Waals surface area contributed by atoms with E-state index in [9.17, 15) is 4.79 Å². The number of carbonyl (C=O) groups excluding carboxylic acids is 1. The first-order chi connectivity index (χ1) is 17.6. The maximum absolute atomic E-state index is 15.1. The van der Waals surface area contributed by atoms with Gasteiger partial charge in [-0.2, -0.15) is 0 Å². The van der Waals surface area contributed by atoms with Crippen LogP contribution in [0.2, 0.25) is 0 Å². The summed E-state index contributed by atoms with van der Waals surface area (Å²) < 4.78 is 15.1. The van der Waals surface area contributed by atoms with Crippen LogP contribution in [0.4, 0.5) is 10.2 Å². The molecule has 6 nitrogen and oxygen atoms in total. The van der Waals surface area contributed by atoms with Gasteiger partial charge in [-0.1, -0.05) is 25.1 Å². The van der Waals surface area contributed by atoms with Crippen molar-refractivity contribution in [2.75, 3.05) is 31.1 Å². The molecule has 0 radical (unpaired) electrons. The second kappa shape index (κ2) is 11.2. The van der Waals surface area contributed by atoms with Crippen molar-refractivity contribution in [1.29, 1.82) is 0 Å². The molecule has 0 aliphatic carbocycles. The van der Waals surface area contributed by atoms with Crippen molar-refractivity contribution in [2.45, 2.75) is 45.2 Å². The fourth-order valence-electron chi connectivity index (χ4n) is 5.12. The van der Waals surface area contributed by atoms with Crippen LogP contribution < -0.4 is 10.2 Å². The molecule has 3 aromatic rings. The minimum absolute atomic E-state index is 0.0358. The highest BCUT2D eigenvalue weighted by Gasteiger charge is 2.24. The third kappa shape index (κ3) is 5.73. The van der Waals surface area contributed by atoms with Crippen LogP contribution in [0.1, 0.15) is 48.5 Å². The summed E-state index contributed by atoms with van der Waals surface area (Å²) in [6.07, 6.45) is 7.76. The van der Waals surface area contributed by atoms with Gasteiger partial charge in [-0.3, -0.25) is 14.7 Å². The van der Waals surface area contributed by atoms with Crippen LogP contribution in [-0.2, 0) is 6.54 Å². The Morgan fingerprint density at radius 3 is 2.47 bits per heavy atom. The van der Waals surface area contributed by atoms with Gasteiger partial charge < -0.3 is 10.2 Å². The number of pyridine rings is 2. The van der Waals surface area contributed by atoms with E-state index in [1.54, 1.807) is 30.5 Å². The molecule has 2 aromatic heterocycles. The molecule has 2 aliphatic rings. The molecule has 0 spiro atoms. The lowest BCUT2D eigenvalue weighted by Gasteiger charge is -2.33. The van der Waals surface area contributed by atoms with Gasteiger partial charge in [0.05, 0.1) is 11.3 Å². The Kier molecular flexibility index (Phi) is 7.56. The van der Waals surface area contributed by atoms with Gasteiger partial charge in [-0.15, -0.1) is 0 Å². The summed E-state index contributed by atoms with van der Waals surface area (Å²) in [5.41, 5.74) is 2.13. The Hall–Kier alpha value is -3.32. The number of nitrogens with one attached hydrogen (secondary N) is 1. The third-order valence-corrected chi connectivity index (χ3v) is 7.43. The molecule has 7 heteroatoms. The molecule has 36 heavy (non-hydrogen) atoms. The van der Waals surface area contributed by atoms with Crippen molar-refractivity contribution in [3.05, 3.63) is 77.9 Å². The van der Waals surface area contributed by atoms with Crippen LogP contribution in [0.5, 0.6) is 0 Å². The first-order valence-corrected chi connectivity index (χ1v) is 13.0. The van der Waals surface area contributed by atoms with Crippen LogP contribution in [0.25, 0.3) is 11.3 Å². The van der Waals surface area contributed by atoms with Gasteiger partial charge in [-0.25, -0.2) is 9.37 Å². The summed E-state index contributed by atoms with van der Waals surface area (Å²) >= 11 is 0. The van der Waals surface area contributed by atoms with Gasteiger partial charge in [-0.05, 0) is 67.5 Å². The van der Waals surface area contributed by atoms with E-state index in [0.717, 1.165) is 57.3 Å². The number of amides is 1. The molecule has 0 atom stereocenters. The number of rotatable bonds is 6. The van der Waals surface area contributed by atoms with Gasteiger partial charge in [0.1, 0.15) is 11.6 Å². The molecular weight excluding hydrogens is 453 g/mol. The van der Waals surface area contributed by atoms with Crippen molar-refractivity contribution in [3.63, 3.8) is 0 Å². The number of aromatic nitrogens is 2. The van der Waals surface area contributed by atoms with Crippen molar-refractivity contribution in [2.24, 2.45) is 5.92 Å². The molecular formula is C29H34FN5O. The second-order valence-electron chi connectivity index (χ2n) is 10.1. The maximum Gasteiger partial charge on any atom is 0.254 e. The van der Waals surface area contributed by atoms with Gasteiger partial charge in [0.15, 0.2) is 0 Å². The number of likely N-dealkylation sites (tertiary alicyclic amines) is 1. The predicted molar refractivity (Wildman–Crippen MR) is 140 cm³/mol. The largest absolute Gasteiger partial charge is 0.357 e. The Bertz CT molecular complexity index is 1150. The van der Waals surface area contributed by atoms with Crippen molar-refractivity contribution in [3.8, 4) is 11.3 Å². The van der Waals surface area contributed by atoms with Crippen LogP contribution in [0.3, 0.4) is 0 Å². The molecule has 2 fully saturated rings. The van der Waals surface area contributed by atoms with E-state index >= 15 is 4.39 Å². The lowest BCUT2D eigenvalue weighted by molar-refractivity contribution is 0.0905. The number of piperidine rings is 2. The zero-order valence-electron chi connectivity index (χ0n) is 20.9. The Balaban J connectivity index is 1.12. The molecule has 2 saturated heterocycles. The quantitative estimate of drug-likeness (QED) is 0.535. The van der Waals surface area contributed by atoms with Gasteiger partial charge >= 0.3 is 0 Å². The summed E-state index contributed by atoms with van der Waals surface area (Å²) in [4.78, 5) is 26.6. The van der Waals surface area contributed by atoms with Crippen LogP contribution in [-0.4, -0.2) is 53.0 Å². The molecule has 4 heterocycles. The fraction of sp³-hybridized carbons (Fsp3) is 0.414. The topological polar surface area (TPSA) is 61.4 Å². The number of benzene rings is 1. The molecule has 0 saturated carbocycles. The number of hydrogen-bond acceptors (Lipinski definition) is 5. The molecule has 0 unspecified atom stereocenters. The summed E-state index contributed by atoms with van der Waals surface area (Å²) in [6, 6.07) is 14.6. The summed E-state index contributed by atoms with van der Waals surface area (Å²) in [5, 5.41) is 3.04. The Morgan fingerprint density at radius 2 is 1.78 bits per heavy atom. The van der Waals surface area contributed by atoms with Crippen LogP contribution in [0, 0.1) is 11.7 Å². The first-order valence-electron chi connectivity index (χ1n) is 13.0. The van der Waals surface area contributed by atoms with E-state index in [2.05, 4.69) is 39.2 Å². The monoisotopic (exact) mass is 487 g/mol. The number of carbonyl (C=O) groups is 1. The molecule has 1 amide bonds. The van der Waals surface area contributed by atoms with E-state index in [-0.39, 0.29) is 17.5 Å². The van der Waals surface area contributed by atoms with Gasteiger partial charge in [0, 0.05) is 56.7 Å². The van der Waals surface area contributed by atoms with Crippen LogP contribution >= 0.6 is 0 Å². The zero-order chi connectivity index (χ0) is 24.9. The molecule has 1 aromatic carbocycles. The zero-order valence-corrected chi connectivity index (χ0v) is 20.9. The predicted octanol–water partition coefficient (Wildman–Crippen LogP) is 4.91. The Labute approximate surface area is 212 Å². The SMILES string of the molecule is CC1CCN(c2ccc(CN3CCC(NC(=O)c4cccc(-c5ccccn5)c4F)CC3)cn2)CC1. The highest BCUT2D eigenvalue weighted by molar-refractivity contribution is 5.96. The lowest BCUT2D eigenvalue weighted by Crippen LogP contribution is -2.44. The number of hydrogen-bond donors (Lipinski definition) is 1. The van der Waals surface area contributed by atoms with E-state index < -0.39 is 5.82 Å². The Morgan fingerprint density at radius 1 is 0.972 bits per heavy atom. The van der Waals surface area contributed by atoms with E-state index in [1.807, 2.05) is 12.3 Å². The van der Waals surface area contributed by atoms with Crippen molar-refractivity contribution >= 4 is 11.7 Å². The second-order valence-corrected chi connectivity index (χ2v) is 10.1. The fourth-order valence-corrected chi connectivity index (χ4v) is 5.12. The molecule has 2 aliphatic heterocycles. The third-order valence-electron chi connectivity index (χ3n) is 7.43. The standard InChI is InChI=1S/C29H34FN5O/c1-21-10-17-35(18-11-21)27-9-8-22(19-32-27)20-34-15-12-23(13-16-34)33-29(36)25-6-4-5-24(28(25)30)26-7-2-3-14-31-26/h2-9,14,19,21,23H,10-13,15-18,20H2,1H3,(H,33,36). The average Bonchev–Trinajstić information content (AvgIpc) is 2.91. The highest BCUT2D eigenvalue weighted by Crippen LogP contribution is 2.24. The molecule has 5 rings (SSSR count). The minimum atomic E-state index is -0.527. The summed E-state index contributed by atoms with van der Waals surface area (Å²) in [6.45, 7) is 7.11. The van der Waals surface area contributed by atoms with Gasteiger partial charge in [0.2, 0.25) is 0 Å². The van der Waals surface area contributed by atoms with E-state index in [4.69, 9.17) is 4.98 Å². The van der Waals surface area contributed by atoms with Gasteiger partial charge in [0.25, 0.3) is 5.91 Å². The highest BCUT2D eigenvalue weighted by atomic mass is 19.1. The molecule has 1 N–H and O–H groups in total. The lowest BCUT2D eigenvalue weighted by atomic mass is 9.99. The number of nitrogens with zero attached hydrogens (tertiary/aromatic N) is 4. The summed E-state index contributed by atoms with van der Waals surface area (Å²) in [5.74, 6) is 0.993. The average molecular weight is 488 g/mol. The minimum Gasteiger partial charge on any atom is -0.357 e. The summed E-state index contributed by atoms with van der Waals surface area (Å²) in [7, 11) is 0. The normalized spacial score (nSPS) is 17.8. The van der Waals surface area contributed by atoms with Crippen molar-refractivity contribution < 1.29 is 9.18 Å². The molecule has 188 valence electrons. The number of anilines is 1. The number of halogens is 1. The molecule has 0 bridgehead atoms. The van der Waals surface area contributed by atoms with Crippen molar-refractivity contribution in [1.82, 2.24) is 20.2 Å². The van der Waals surface area contributed by atoms with E-state index in [0.29, 0.717) is 11.3 Å².